The Morgan fingerprint density at radius 2 is 1.60 bits per heavy atom. The van der Waals surface area contributed by atoms with Crippen molar-refractivity contribution in [1.29, 1.82) is 0 Å². The van der Waals surface area contributed by atoms with Crippen LogP contribution in [0.4, 0.5) is 0 Å². The van der Waals surface area contributed by atoms with Gasteiger partial charge < -0.3 is 0 Å². The van der Waals surface area contributed by atoms with Gasteiger partial charge in [0.1, 0.15) is 0 Å². The zero-order valence-corrected chi connectivity index (χ0v) is 21.0. The van der Waals surface area contributed by atoms with E-state index in [9.17, 15) is 14.4 Å². The molecule has 0 aliphatic rings. The maximum Gasteiger partial charge on any atom is 0.290 e. The van der Waals surface area contributed by atoms with Crippen LogP contribution in [0.5, 0.6) is 0 Å². The van der Waals surface area contributed by atoms with Gasteiger partial charge in [0.05, 0.1) is 5.39 Å². The second-order valence-corrected chi connectivity index (χ2v) is 8.89. The highest BCUT2D eigenvalue weighted by Crippen LogP contribution is 2.14. The number of hydrogen-bond donors (Lipinski definition) is 2. The molecule has 0 bridgehead atoms. The van der Waals surface area contributed by atoms with Gasteiger partial charge in [-0.15, -0.1) is 0 Å². The van der Waals surface area contributed by atoms with Crippen LogP contribution in [-0.2, 0) is 13.1 Å². The second kappa shape index (κ2) is 12.3. The number of fused-ring (bicyclic) bond motifs is 1. The third-order valence-electron chi connectivity index (χ3n) is 6.08. The van der Waals surface area contributed by atoms with Crippen molar-refractivity contribution in [2.45, 2.75) is 66.1 Å². The van der Waals surface area contributed by atoms with Crippen molar-refractivity contribution in [3.63, 3.8) is 0 Å². The highest BCUT2D eigenvalue weighted by atomic mass is 16.2. The van der Waals surface area contributed by atoms with Gasteiger partial charge in [0.15, 0.2) is 5.69 Å². The van der Waals surface area contributed by atoms with Gasteiger partial charge in [0.25, 0.3) is 17.4 Å². The number of nitrogens with zero attached hydrogens (tertiary/aromatic N) is 3. The molecule has 186 valence electrons. The van der Waals surface area contributed by atoms with Crippen molar-refractivity contribution in [2.75, 3.05) is 6.54 Å². The van der Waals surface area contributed by atoms with Gasteiger partial charge >= 0.3 is 0 Å². The number of unbranched alkanes of at least 4 members (excludes halogenated alkanes) is 2. The normalized spacial score (nSPS) is 11.3. The molecular weight excluding hydrogens is 442 g/mol. The van der Waals surface area contributed by atoms with E-state index in [2.05, 4.69) is 48.5 Å². The number of carbonyl (C=O) groups excluding carboxylic acids is 2. The lowest BCUT2D eigenvalue weighted by atomic mass is 10.1. The first kappa shape index (κ1) is 26.1. The monoisotopic (exact) mass is 477 g/mol. The molecule has 2 amide bonds. The van der Waals surface area contributed by atoms with Crippen LogP contribution in [0.25, 0.3) is 10.8 Å². The Kier molecular flexibility index (Phi) is 9.14. The standard InChI is InChI=1S/C27H35N5O3/c1-5-7-10-17-32-27(35)23-12-9-8-11-22(23)24(30-32)26(34)29-28-25(33)21-15-13-20(14-16-21)18-31(6-2)19(3)4/h8-9,11-16,19H,5-7,10,17-18H2,1-4H3,(H,28,33)(H,29,34). The molecule has 8 nitrogen and oxygen atoms in total. The molecule has 0 spiro atoms. The minimum Gasteiger partial charge on any atom is -0.297 e. The Morgan fingerprint density at radius 3 is 2.23 bits per heavy atom. The lowest BCUT2D eigenvalue weighted by Crippen LogP contribution is -2.42. The summed E-state index contributed by atoms with van der Waals surface area (Å²) < 4.78 is 1.34. The van der Waals surface area contributed by atoms with Crippen LogP contribution in [0.3, 0.4) is 0 Å². The molecule has 1 aromatic heterocycles. The lowest BCUT2D eigenvalue weighted by Gasteiger charge is -2.24. The average molecular weight is 478 g/mol. The molecule has 2 N–H and O–H groups in total. The highest BCUT2D eigenvalue weighted by molar-refractivity contribution is 6.06. The van der Waals surface area contributed by atoms with Crippen LogP contribution in [0.15, 0.2) is 53.3 Å². The maximum absolute atomic E-state index is 13.0. The predicted molar refractivity (Wildman–Crippen MR) is 138 cm³/mol. The van der Waals surface area contributed by atoms with Gasteiger partial charge in [-0.25, -0.2) is 4.68 Å². The quantitative estimate of drug-likeness (QED) is 0.341. The first-order valence-corrected chi connectivity index (χ1v) is 12.3. The summed E-state index contributed by atoms with van der Waals surface area (Å²) in [5.74, 6) is -1.01. The first-order chi connectivity index (χ1) is 16.8. The van der Waals surface area contributed by atoms with Crippen LogP contribution in [0, 0.1) is 0 Å². The summed E-state index contributed by atoms with van der Waals surface area (Å²) in [6, 6.07) is 14.6. The molecule has 0 saturated heterocycles. The van der Waals surface area contributed by atoms with Gasteiger partial charge in [0.2, 0.25) is 0 Å². The summed E-state index contributed by atoms with van der Waals surface area (Å²) in [5.41, 5.74) is 6.33. The van der Waals surface area contributed by atoms with Crippen molar-refractivity contribution >= 4 is 22.6 Å². The Labute approximate surface area is 206 Å². The fraction of sp³-hybridized carbons (Fsp3) is 0.407. The topological polar surface area (TPSA) is 96.3 Å². The summed E-state index contributed by atoms with van der Waals surface area (Å²) in [4.78, 5) is 40.7. The first-order valence-electron chi connectivity index (χ1n) is 12.3. The van der Waals surface area contributed by atoms with E-state index >= 15 is 0 Å². The maximum atomic E-state index is 13.0. The molecule has 0 radical (unpaired) electrons. The minimum absolute atomic E-state index is 0.0979. The Hall–Kier alpha value is -3.52. The van der Waals surface area contributed by atoms with Crippen molar-refractivity contribution in [3.8, 4) is 0 Å². The molecular formula is C27H35N5O3. The zero-order chi connectivity index (χ0) is 25.4. The van der Waals surface area contributed by atoms with Crippen molar-refractivity contribution in [1.82, 2.24) is 25.5 Å². The Bertz CT molecular complexity index is 1220. The van der Waals surface area contributed by atoms with Crippen molar-refractivity contribution in [3.05, 3.63) is 75.7 Å². The third-order valence-corrected chi connectivity index (χ3v) is 6.08. The molecule has 35 heavy (non-hydrogen) atoms. The van der Waals surface area contributed by atoms with E-state index in [1.165, 1.54) is 4.68 Å². The number of hydrazine groups is 1. The van der Waals surface area contributed by atoms with Crippen LogP contribution in [0.1, 0.15) is 73.4 Å². The van der Waals surface area contributed by atoms with E-state index in [0.717, 1.165) is 37.9 Å². The minimum atomic E-state index is -0.578. The summed E-state index contributed by atoms with van der Waals surface area (Å²) in [7, 11) is 0. The molecule has 0 atom stereocenters. The van der Waals surface area contributed by atoms with Gasteiger partial charge in [-0.1, -0.05) is 57.0 Å². The van der Waals surface area contributed by atoms with Crippen molar-refractivity contribution in [2.24, 2.45) is 0 Å². The predicted octanol–water partition coefficient (Wildman–Crippen LogP) is 3.89. The van der Waals surface area contributed by atoms with Crippen LogP contribution in [0.2, 0.25) is 0 Å². The molecule has 1 heterocycles. The molecule has 0 fully saturated rings. The summed E-state index contributed by atoms with van der Waals surface area (Å²) in [5, 5.41) is 5.19. The van der Waals surface area contributed by atoms with E-state index in [-0.39, 0.29) is 11.3 Å². The molecule has 0 aliphatic heterocycles. The van der Waals surface area contributed by atoms with Crippen molar-refractivity contribution < 1.29 is 9.59 Å². The van der Waals surface area contributed by atoms with Crippen LogP contribution in [-0.4, -0.2) is 39.1 Å². The molecule has 0 aliphatic carbocycles. The largest absolute Gasteiger partial charge is 0.297 e. The molecule has 2 aromatic carbocycles. The SMILES string of the molecule is CCCCCn1nc(C(=O)NNC(=O)c2ccc(CN(CC)C(C)C)cc2)c2ccccc2c1=O. The van der Waals surface area contributed by atoms with Gasteiger partial charge in [0, 0.05) is 30.1 Å². The summed E-state index contributed by atoms with van der Waals surface area (Å²) in [6.45, 7) is 10.7. The van der Waals surface area contributed by atoms with E-state index in [1.54, 1.807) is 36.4 Å². The molecule has 3 aromatic rings. The smallest absolute Gasteiger partial charge is 0.290 e. The average Bonchev–Trinajstić information content (AvgIpc) is 2.87. The van der Waals surface area contributed by atoms with E-state index in [4.69, 9.17) is 0 Å². The van der Waals surface area contributed by atoms with E-state index < -0.39 is 11.8 Å². The molecule has 3 rings (SSSR count). The number of benzene rings is 2. The second-order valence-electron chi connectivity index (χ2n) is 8.89. The number of nitrogens with one attached hydrogen (secondary N) is 2. The van der Waals surface area contributed by atoms with E-state index in [0.29, 0.717) is 28.9 Å². The fourth-order valence-electron chi connectivity index (χ4n) is 3.97. The fourth-order valence-corrected chi connectivity index (χ4v) is 3.97. The van der Waals surface area contributed by atoms with Gasteiger partial charge in [-0.3, -0.25) is 30.1 Å². The molecule has 8 heteroatoms. The lowest BCUT2D eigenvalue weighted by molar-refractivity contribution is 0.0843. The van der Waals surface area contributed by atoms with Crippen LogP contribution >= 0.6 is 0 Å². The summed E-state index contributed by atoms with van der Waals surface area (Å²) >= 11 is 0. The molecule has 0 unspecified atom stereocenters. The molecule has 0 saturated carbocycles. The number of aromatic nitrogens is 2. The Morgan fingerprint density at radius 1 is 0.943 bits per heavy atom. The number of aryl methyl sites for hydroxylation is 1. The zero-order valence-electron chi connectivity index (χ0n) is 21.0. The number of carbonyl (C=O) groups is 2. The van der Waals surface area contributed by atoms with E-state index in [1.807, 2.05) is 12.1 Å². The third kappa shape index (κ3) is 6.54. The number of rotatable bonds is 10. The number of hydrogen-bond acceptors (Lipinski definition) is 5. The summed E-state index contributed by atoms with van der Waals surface area (Å²) in [6.07, 6.45) is 2.77. The van der Waals surface area contributed by atoms with Gasteiger partial charge in [-0.05, 0) is 50.6 Å². The van der Waals surface area contributed by atoms with Crippen LogP contribution < -0.4 is 16.4 Å². The Balaban J connectivity index is 1.72. The number of amides is 2. The highest BCUT2D eigenvalue weighted by Gasteiger charge is 2.18. The van der Waals surface area contributed by atoms with Gasteiger partial charge in [-0.2, -0.15) is 5.10 Å².